The summed E-state index contributed by atoms with van der Waals surface area (Å²) in [7, 11) is 2.03. The number of rotatable bonds is 0. The molecule has 1 heterocycles. The van der Waals surface area contributed by atoms with Crippen LogP contribution in [0.4, 0.5) is 0 Å². The van der Waals surface area contributed by atoms with Crippen LogP contribution in [-0.2, 0) is 7.05 Å². The molecule has 0 bridgehead atoms. The van der Waals surface area contributed by atoms with Crippen molar-refractivity contribution in [3.63, 3.8) is 0 Å². The van der Waals surface area contributed by atoms with Crippen molar-refractivity contribution in [1.82, 2.24) is 4.57 Å². The van der Waals surface area contributed by atoms with E-state index < -0.39 is 0 Å². The maximum Gasteiger partial charge on any atom is 0.0324 e. The Morgan fingerprint density at radius 3 is 1.83 bits per heavy atom. The standard InChI is InChI=1S/C9H7Br2N/c1-12-4-6-2-8(10)9(11)3-7(6)5-12/h2-5H,1H3. The van der Waals surface area contributed by atoms with Gasteiger partial charge in [0.15, 0.2) is 0 Å². The van der Waals surface area contributed by atoms with Gasteiger partial charge in [0.05, 0.1) is 0 Å². The van der Waals surface area contributed by atoms with Crippen molar-refractivity contribution in [3.8, 4) is 0 Å². The van der Waals surface area contributed by atoms with E-state index >= 15 is 0 Å². The molecule has 62 valence electrons. The Morgan fingerprint density at radius 1 is 1.00 bits per heavy atom. The molecule has 2 aromatic rings. The molecule has 0 aliphatic heterocycles. The van der Waals surface area contributed by atoms with E-state index in [1.165, 1.54) is 10.8 Å². The number of hydrogen-bond acceptors (Lipinski definition) is 0. The molecule has 1 nitrogen and oxygen atoms in total. The first-order valence-corrected chi connectivity index (χ1v) is 5.16. The zero-order valence-electron chi connectivity index (χ0n) is 6.51. The predicted octanol–water partition coefficient (Wildman–Crippen LogP) is 3.70. The second-order valence-corrected chi connectivity index (χ2v) is 4.53. The average Bonchev–Trinajstić information content (AvgIpc) is 2.30. The lowest BCUT2D eigenvalue weighted by atomic mass is 10.2. The molecule has 1 aromatic carbocycles. The third-order valence-electron chi connectivity index (χ3n) is 1.81. The van der Waals surface area contributed by atoms with Crippen LogP contribution >= 0.6 is 31.9 Å². The van der Waals surface area contributed by atoms with Crippen molar-refractivity contribution >= 4 is 42.6 Å². The first-order chi connectivity index (χ1) is 5.66. The van der Waals surface area contributed by atoms with Crippen molar-refractivity contribution in [2.45, 2.75) is 0 Å². The fourth-order valence-electron chi connectivity index (χ4n) is 1.28. The number of fused-ring (bicyclic) bond motifs is 1. The van der Waals surface area contributed by atoms with Gasteiger partial charge in [0.2, 0.25) is 0 Å². The van der Waals surface area contributed by atoms with Gasteiger partial charge >= 0.3 is 0 Å². The van der Waals surface area contributed by atoms with Gasteiger partial charge in [0, 0.05) is 39.2 Å². The summed E-state index contributed by atoms with van der Waals surface area (Å²) < 4.78 is 4.26. The van der Waals surface area contributed by atoms with Gasteiger partial charge in [-0.15, -0.1) is 0 Å². The number of hydrogen-bond donors (Lipinski definition) is 0. The molecule has 0 fully saturated rings. The quantitative estimate of drug-likeness (QED) is 0.697. The van der Waals surface area contributed by atoms with Crippen LogP contribution in [0.3, 0.4) is 0 Å². The fraction of sp³-hybridized carbons (Fsp3) is 0.111. The summed E-state index contributed by atoms with van der Waals surface area (Å²) in [6.45, 7) is 0. The lowest BCUT2D eigenvalue weighted by molar-refractivity contribution is 0.933. The Morgan fingerprint density at radius 2 is 1.42 bits per heavy atom. The second-order valence-electron chi connectivity index (χ2n) is 2.82. The van der Waals surface area contributed by atoms with E-state index in [2.05, 4.69) is 61.0 Å². The van der Waals surface area contributed by atoms with Gasteiger partial charge in [0.1, 0.15) is 0 Å². The first kappa shape index (κ1) is 8.32. The second kappa shape index (κ2) is 2.89. The van der Waals surface area contributed by atoms with Crippen LogP contribution in [0.5, 0.6) is 0 Å². The lowest BCUT2D eigenvalue weighted by Crippen LogP contribution is -1.76. The highest BCUT2D eigenvalue weighted by Crippen LogP contribution is 2.28. The van der Waals surface area contributed by atoms with Gasteiger partial charge in [-0.1, -0.05) is 0 Å². The summed E-state index contributed by atoms with van der Waals surface area (Å²) in [5, 5.41) is 2.51. The van der Waals surface area contributed by atoms with Crippen LogP contribution in [-0.4, -0.2) is 4.57 Å². The summed E-state index contributed by atoms with van der Waals surface area (Å²) in [5.41, 5.74) is 0. The minimum absolute atomic E-state index is 1.10. The summed E-state index contributed by atoms with van der Waals surface area (Å²) in [6.07, 6.45) is 4.21. The summed E-state index contributed by atoms with van der Waals surface area (Å²) in [4.78, 5) is 0. The molecule has 0 atom stereocenters. The topological polar surface area (TPSA) is 4.93 Å². The molecular formula is C9H7Br2N. The maximum atomic E-state index is 3.47. The molecule has 3 heteroatoms. The molecule has 0 radical (unpaired) electrons. The molecule has 2 rings (SSSR count). The summed E-state index contributed by atoms with van der Waals surface area (Å²) >= 11 is 6.94. The molecule has 1 aromatic heterocycles. The van der Waals surface area contributed by atoms with Crippen molar-refractivity contribution in [3.05, 3.63) is 33.5 Å². The third-order valence-corrected chi connectivity index (χ3v) is 3.66. The van der Waals surface area contributed by atoms with Crippen molar-refractivity contribution in [1.29, 1.82) is 0 Å². The van der Waals surface area contributed by atoms with E-state index in [9.17, 15) is 0 Å². The Bertz CT molecular complexity index is 392. The van der Waals surface area contributed by atoms with E-state index in [-0.39, 0.29) is 0 Å². The van der Waals surface area contributed by atoms with Gasteiger partial charge in [-0.3, -0.25) is 0 Å². The SMILES string of the molecule is Cn1cc2cc(Br)c(Br)cc2c1. The molecule has 0 aliphatic rings. The highest BCUT2D eigenvalue weighted by Gasteiger charge is 2.00. The Labute approximate surface area is 87.6 Å². The minimum Gasteiger partial charge on any atom is -0.356 e. The minimum atomic E-state index is 1.10. The average molecular weight is 289 g/mol. The fourth-order valence-corrected chi connectivity index (χ4v) is 2.00. The van der Waals surface area contributed by atoms with E-state index in [0.29, 0.717) is 0 Å². The van der Waals surface area contributed by atoms with Crippen molar-refractivity contribution in [2.24, 2.45) is 7.05 Å². The smallest absolute Gasteiger partial charge is 0.0324 e. The van der Waals surface area contributed by atoms with Gasteiger partial charge in [-0.05, 0) is 44.0 Å². The predicted molar refractivity (Wildman–Crippen MR) is 58.3 cm³/mol. The normalized spacial score (nSPS) is 10.9. The maximum absolute atomic E-state index is 3.47. The zero-order valence-corrected chi connectivity index (χ0v) is 9.68. The number of aromatic nitrogens is 1. The summed E-state index contributed by atoms with van der Waals surface area (Å²) in [5.74, 6) is 0. The van der Waals surface area contributed by atoms with Gasteiger partial charge in [-0.2, -0.15) is 0 Å². The van der Waals surface area contributed by atoms with Gasteiger partial charge in [0.25, 0.3) is 0 Å². The number of halogens is 2. The molecule has 0 saturated heterocycles. The van der Waals surface area contributed by atoms with E-state index in [1.807, 2.05) is 7.05 Å². The van der Waals surface area contributed by atoms with Crippen LogP contribution < -0.4 is 0 Å². The van der Waals surface area contributed by atoms with Crippen LogP contribution in [0.15, 0.2) is 33.5 Å². The molecule has 12 heavy (non-hydrogen) atoms. The Kier molecular flexibility index (Phi) is 2.00. The van der Waals surface area contributed by atoms with Gasteiger partial charge < -0.3 is 4.57 Å². The Balaban J connectivity index is 2.83. The monoisotopic (exact) mass is 287 g/mol. The number of nitrogens with zero attached hydrogens (tertiary/aromatic N) is 1. The molecule has 0 N–H and O–H groups in total. The van der Waals surface area contributed by atoms with Crippen LogP contribution in [0, 0.1) is 0 Å². The molecule has 0 spiro atoms. The Hall–Kier alpha value is -0.280. The highest BCUT2D eigenvalue weighted by molar-refractivity contribution is 9.13. The highest BCUT2D eigenvalue weighted by atomic mass is 79.9. The lowest BCUT2D eigenvalue weighted by Gasteiger charge is -1.94. The number of benzene rings is 1. The van der Waals surface area contributed by atoms with Crippen LogP contribution in [0.2, 0.25) is 0 Å². The molecular weight excluding hydrogens is 282 g/mol. The van der Waals surface area contributed by atoms with Crippen molar-refractivity contribution in [2.75, 3.05) is 0 Å². The van der Waals surface area contributed by atoms with Gasteiger partial charge in [-0.25, -0.2) is 0 Å². The zero-order chi connectivity index (χ0) is 8.72. The third kappa shape index (κ3) is 1.31. The molecule has 0 amide bonds. The van der Waals surface area contributed by atoms with E-state index in [0.717, 1.165) is 8.95 Å². The largest absolute Gasteiger partial charge is 0.356 e. The van der Waals surface area contributed by atoms with Crippen LogP contribution in [0.1, 0.15) is 0 Å². The van der Waals surface area contributed by atoms with Crippen molar-refractivity contribution < 1.29 is 0 Å². The first-order valence-electron chi connectivity index (χ1n) is 3.57. The van der Waals surface area contributed by atoms with E-state index in [1.54, 1.807) is 0 Å². The van der Waals surface area contributed by atoms with E-state index in [4.69, 9.17) is 0 Å². The molecule has 0 unspecified atom stereocenters. The molecule has 0 aliphatic carbocycles. The number of aryl methyl sites for hydroxylation is 1. The molecule has 0 saturated carbocycles. The van der Waals surface area contributed by atoms with Crippen LogP contribution in [0.25, 0.3) is 10.8 Å². The summed E-state index contributed by atoms with van der Waals surface area (Å²) in [6, 6.07) is 4.22.